The summed E-state index contributed by atoms with van der Waals surface area (Å²) in [7, 11) is -3.40. The molecule has 1 heterocycles. The Morgan fingerprint density at radius 3 is 2.55 bits per heavy atom. The maximum atomic E-state index is 12.2. The van der Waals surface area contributed by atoms with Gasteiger partial charge in [0, 0.05) is 12.0 Å². The Balaban J connectivity index is 2.18. The van der Waals surface area contributed by atoms with Crippen LogP contribution in [0.25, 0.3) is 0 Å². The van der Waals surface area contributed by atoms with Crippen molar-refractivity contribution in [3.63, 3.8) is 0 Å². The number of hydrogen-bond acceptors (Lipinski definition) is 4. The standard InChI is InChI=1S/C14H19NO4S/c1-3-20(17,18)12-7-5-4-6-11(12)13(16)15-8-14(2)9-19-10-14/h4-7H,3,8-10H2,1-2H3,(H,15,16). The first-order valence-electron chi connectivity index (χ1n) is 6.56. The summed E-state index contributed by atoms with van der Waals surface area (Å²) in [5.41, 5.74) is 0.159. The van der Waals surface area contributed by atoms with E-state index in [-0.39, 0.29) is 27.5 Å². The quantitative estimate of drug-likeness (QED) is 0.887. The van der Waals surface area contributed by atoms with Crippen LogP contribution in [-0.2, 0) is 14.6 Å². The molecule has 20 heavy (non-hydrogen) atoms. The predicted octanol–water partition coefficient (Wildman–Crippen LogP) is 1.25. The lowest BCUT2D eigenvalue weighted by Gasteiger charge is -2.38. The van der Waals surface area contributed by atoms with E-state index in [4.69, 9.17) is 4.74 Å². The molecule has 1 saturated heterocycles. The van der Waals surface area contributed by atoms with Crippen LogP contribution < -0.4 is 5.32 Å². The molecule has 0 bridgehead atoms. The summed E-state index contributed by atoms with van der Waals surface area (Å²) >= 11 is 0. The number of carbonyl (C=O) groups is 1. The third-order valence-corrected chi connectivity index (χ3v) is 5.21. The van der Waals surface area contributed by atoms with Crippen LogP contribution in [0.15, 0.2) is 29.2 Å². The Morgan fingerprint density at radius 2 is 2.00 bits per heavy atom. The fourth-order valence-electron chi connectivity index (χ4n) is 2.02. The molecule has 1 aromatic rings. The first kappa shape index (κ1) is 15.0. The van der Waals surface area contributed by atoms with Crippen molar-refractivity contribution in [2.75, 3.05) is 25.5 Å². The molecule has 1 aliphatic heterocycles. The Kier molecular flexibility index (Phi) is 4.15. The van der Waals surface area contributed by atoms with E-state index in [0.29, 0.717) is 19.8 Å². The summed E-state index contributed by atoms with van der Waals surface area (Å²) < 4.78 is 29.1. The second-order valence-corrected chi connectivity index (χ2v) is 7.63. The lowest BCUT2D eigenvalue weighted by Crippen LogP contribution is -2.48. The SMILES string of the molecule is CCS(=O)(=O)c1ccccc1C(=O)NCC1(C)COC1. The van der Waals surface area contributed by atoms with E-state index in [9.17, 15) is 13.2 Å². The van der Waals surface area contributed by atoms with Crippen LogP contribution in [0.1, 0.15) is 24.2 Å². The van der Waals surface area contributed by atoms with Gasteiger partial charge < -0.3 is 10.1 Å². The first-order valence-corrected chi connectivity index (χ1v) is 8.21. The van der Waals surface area contributed by atoms with Gasteiger partial charge in [-0.25, -0.2) is 8.42 Å². The molecule has 0 spiro atoms. The van der Waals surface area contributed by atoms with E-state index < -0.39 is 9.84 Å². The minimum atomic E-state index is -3.40. The van der Waals surface area contributed by atoms with Crippen LogP contribution in [-0.4, -0.2) is 39.8 Å². The van der Waals surface area contributed by atoms with Crippen LogP contribution in [0.3, 0.4) is 0 Å². The highest BCUT2D eigenvalue weighted by Gasteiger charge is 2.34. The normalized spacial score (nSPS) is 17.3. The molecule has 0 unspecified atom stereocenters. The molecule has 1 amide bonds. The average molecular weight is 297 g/mol. The largest absolute Gasteiger partial charge is 0.380 e. The second-order valence-electron chi connectivity index (χ2n) is 5.39. The molecule has 5 nitrogen and oxygen atoms in total. The molecule has 0 radical (unpaired) electrons. The molecule has 1 fully saturated rings. The zero-order chi connectivity index (χ0) is 14.8. The van der Waals surface area contributed by atoms with Crippen molar-refractivity contribution in [2.24, 2.45) is 5.41 Å². The van der Waals surface area contributed by atoms with Crippen molar-refractivity contribution >= 4 is 15.7 Å². The van der Waals surface area contributed by atoms with Gasteiger partial charge in [-0.15, -0.1) is 0 Å². The lowest BCUT2D eigenvalue weighted by molar-refractivity contribution is -0.0978. The summed E-state index contributed by atoms with van der Waals surface area (Å²) in [6.07, 6.45) is 0. The van der Waals surface area contributed by atoms with Gasteiger partial charge in [-0.3, -0.25) is 4.79 Å². The van der Waals surface area contributed by atoms with E-state index in [2.05, 4.69) is 5.32 Å². The molecule has 110 valence electrons. The Hall–Kier alpha value is -1.40. The maximum absolute atomic E-state index is 12.2. The monoisotopic (exact) mass is 297 g/mol. The molecule has 2 rings (SSSR count). The molecule has 0 aliphatic carbocycles. The third-order valence-electron chi connectivity index (χ3n) is 3.42. The Bertz CT molecular complexity index is 605. The van der Waals surface area contributed by atoms with Crippen molar-refractivity contribution in [1.29, 1.82) is 0 Å². The number of benzene rings is 1. The van der Waals surface area contributed by atoms with Gasteiger partial charge in [0.1, 0.15) is 0 Å². The van der Waals surface area contributed by atoms with Gasteiger partial charge in [0.25, 0.3) is 5.91 Å². The third kappa shape index (κ3) is 3.02. The van der Waals surface area contributed by atoms with Gasteiger partial charge in [-0.2, -0.15) is 0 Å². The topological polar surface area (TPSA) is 72.5 Å². The van der Waals surface area contributed by atoms with Gasteiger partial charge in [-0.1, -0.05) is 26.0 Å². The highest BCUT2D eigenvalue weighted by molar-refractivity contribution is 7.91. The van der Waals surface area contributed by atoms with E-state index in [0.717, 1.165) is 0 Å². The minimum absolute atomic E-state index is 0.0250. The van der Waals surface area contributed by atoms with Crippen LogP contribution in [0, 0.1) is 5.41 Å². The average Bonchev–Trinajstić information content (AvgIpc) is 2.42. The number of nitrogens with one attached hydrogen (secondary N) is 1. The van der Waals surface area contributed by atoms with Crippen molar-refractivity contribution < 1.29 is 17.9 Å². The smallest absolute Gasteiger partial charge is 0.252 e. The van der Waals surface area contributed by atoms with Crippen LogP contribution >= 0.6 is 0 Å². The predicted molar refractivity (Wildman–Crippen MR) is 75.4 cm³/mol. The molecule has 1 N–H and O–H groups in total. The van der Waals surface area contributed by atoms with Gasteiger partial charge in [-0.05, 0) is 12.1 Å². The summed E-state index contributed by atoms with van der Waals surface area (Å²) in [4.78, 5) is 12.3. The molecular weight excluding hydrogens is 278 g/mol. The summed E-state index contributed by atoms with van der Waals surface area (Å²) in [5.74, 6) is -0.381. The second kappa shape index (κ2) is 5.54. The number of sulfone groups is 1. The van der Waals surface area contributed by atoms with E-state index in [1.165, 1.54) is 12.1 Å². The van der Waals surface area contributed by atoms with E-state index >= 15 is 0 Å². The van der Waals surface area contributed by atoms with E-state index in [1.807, 2.05) is 6.92 Å². The van der Waals surface area contributed by atoms with Gasteiger partial charge >= 0.3 is 0 Å². The van der Waals surface area contributed by atoms with Crippen LogP contribution in [0.2, 0.25) is 0 Å². The van der Waals surface area contributed by atoms with Crippen molar-refractivity contribution in [3.05, 3.63) is 29.8 Å². The van der Waals surface area contributed by atoms with Crippen molar-refractivity contribution in [1.82, 2.24) is 5.32 Å². The van der Waals surface area contributed by atoms with E-state index in [1.54, 1.807) is 19.1 Å². The lowest BCUT2D eigenvalue weighted by atomic mass is 9.88. The Morgan fingerprint density at radius 1 is 1.35 bits per heavy atom. The van der Waals surface area contributed by atoms with Gasteiger partial charge in [0.05, 0.1) is 29.4 Å². The summed E-state index contributed by atoms with van der Waals surface area (Å²) in [6, 6.07) is 6.30. The zero-order valence-electron chi connectivity index (χ0n) is 11.7. The number of amides is 1. The van der Waals surface area contributed by atoms with Crippen molar-refractivity contribution in [2.45, 2.75) is 18.7 Å². The minimum Gasteiger partial charge on any atom is -0.380 e. The van der Waals surface area contributed by atoms with Crippen molar-refractivity contribution in [3.8, 4) is 0 Å². The van der Waals surface area contributed by atoms with Gasteiger partial charge in [0.15, 0.2) is 9.84 Å². The number of rotatable bonds is 5. The number of ether oxygens (including phenoxy) is 1. The van der Waals surface area contributed by atoms with Crippen LogP contribution in [0.5, 0.6) is 0 Å². The number of carbonyl (C=O) groups excluding carboxylic acids is 1. The van der Waals surface area contributed by atoms with Gasteiger partial charge in [0.2, 0.25) is 0 Å². The molecule has 1 aromatic carbocycles. The maximum Gasteiger partial charge on any atom is 0.252 e. The molecular formula is C14H19NO4S. The molecule has 0 atom stereocenters. The summed E-state index contributed by atoms with van der Waals surface area (Å²) in [6.45, 7) is 5.29. The molecule has 0 aromatic heterocycles. The fraction of sp³-hybridized carbons (Fsp3) is 0.500. The Labute approximate surface area is 119 Å². The van der Waals surface area contributed by atoms with Crippen LogP contribution in [0.4, 0.5) is 0 Å². The zero-order valence-corrected chi connectivity index (χ0v) is 12.5. The molecule has 6 heteroatoms. The number of hydrogen-bond donors (Lipinski definition) is 1. The highest BCUT2D eigenvalue weighted by atomic mass is 32.2. The highest BCUT2D eigenvalue weighted by Crippen LogP contribution is 2.25. The summed E-state index contributed by atoms with van der Waals surface area (Å²) in [5, 5.41) is 2.79. The fourth-order valence-corrected chi connectivity index (χ4v) is 3.12. The molecule has 1 aliphatic rings. The first-order chi connectivity index (χ1) is 9.38. The molecule has 0 saturated carbocycles.